The van der Waals surface area contributed by atoms with Crippen LogP contribution in [0, 0.1) is 5.92 Å². The van der Waals surface area contributed by atoms with Gasteiger partial charge in [-0.1, -0.05) is 49.6 Å². The Labute approximate surface area is 134 Å². The summed E-state index contributed by atoms with van der Waals surface area (Å²) in [5.41, 5.74) is 1.35. The Bertz CT molecular complexity index is 464. The summed E-state index contributed by atoms with van der Waals surface area (Å²) in [4.78, 5) is 14.9. The van der Waals surface area contributed by atoms with Gasteiger partial charge in [0.05, 0.1) is 0 Å². The normalized spacial score (nSPS) is 22.9. The van der Waals surface area contributed by atoms with Crippen molar-refractivity contribution >= 4 is 5.91 Å². The molecule has 0 N–H and O–H groups in total. The molecular formula is C20H29NO. The summed E-state index contributed by atoms with van der Waals surface area (Å²) in [7, 11) is 0. The van der Waals surface area contributed by atoms with Gasteiger partial charge in [0.2, 0.25) is 5.91 Å². The first-order valence-electron chi connectivity index (χ1n) is 9.18. The minimum atomic E-state index is 0.406. The van der Waals surface area contributed by atoms with Crippen LogP contribution in [0.4, 0.5) is 0 Å². The second-order valence-electron chi connectivity index (χ2n) is 7.03. The molecule has 1 heterocycles. The van der Waals surface area contributed by atoms with E-state index < -0.39 is 0 Å². The van der Waals surface area contributed by atoms with Gasteiger partial charge < -0.3 is 4.90 Å². The Balaban J connectivity index is 1.48. The number of rotatable bonds is 5. The summed E-state index contributed by atoms with van der Waals surface area (Å²) >= 11 is 0. The van der Waals surface area contributed by atoms with E-state index in [4.69, 9.17) is 0 Å². The first-order valence-corrected chi connectivity index (χ1v) is 9.18. The van der Waals surface area contributed by atoms with Crippen molar-refractivity contribution in [3.8, 4) is 0 Å². The van der Waals surface area contributed by atoms with E-state index in [0.29, 0.717) is 11.9 Å². The number of carbonyl (C=O) groups excluding carboxylic acids is 1. The molecule has 0 bridgehead atoms. The molecule has 1 saturated carbocycles. The molecule has 3 rings (SSSR count). The zero-order valence-corrected chi connectivity index (χ0v) is 13.7. The van der Waals surface area contributed by atoms with E-state index in [1.807, 2.05) is 6.07 Å². The summed E-state index contributed by atoms with van der Waals surface area (Å²) in [6, 6.07) is 11.1. The summed E-state index contributed by atoms with van der Waals surface area (Å²) in [6.45, 7) is 1.01. The minimum absolute atomic E-state index is 0.406. The fourth-order valence-electron chi connectivity index (χ4n) is 4.34. The van der Waals surface area contributed by atoms with Crippen LogP contribution in [-0.4, -0.2) is 23.4 Å². The van der Waals surface area contributed by atoms with Gasteiger partial charge in [-0.05, 0) is 50.0 Å². The lowest BCUT2D eigenvalue weighted by Gasteiger charge is -2.34. The Morgan fingerprint density at radius 3 is 2.55 bits per heavy atom. The maximum Gasteiger partial charge on any atom is 0.222 e. The lowest BCUT2D eigenvalue weighted by atomic mass is 9.83. The largest absolute Gasteiger partial charge is 0.339 e. The van der Waals surface area contributed by atoms with Crippen LogP contribution in [0.15, 0.2) is 30.3 Å². The Morgan fingerprint density at radius 2 is 1.77 bits per heavy atom. The van der Waals surface area contributed by atoms with Gasteiger partial charge in [0.15, 0.2) is 0 Å². The summed E-state index contributed by atoms with van der Waals surface area (Å²) in [5.74, 6) is 1.19. The molecule has 0 radical (unpaired) electrons. The summed E-state index contributed by atoms with van der Waals surface area (Å²) < 4.78 is 0. The van der Waals surface area contributed by atoms with Gasteiger partial charge in [-0.25, -0.2) is 0 Å². The molecule has 1 atom stereocenters. The molecule has 1 aliphatic heterocycles. The van der Waals surface area contributed by atoms with Gasteiger partial charge in [0.25, 0.3) is 0 Å². The number of nitrogens with zero attached hydrogens (tertiary/aromatic N) is 1. The molecule has 1 aromatic carbocycles. The van der Waals surface area contributed by atoms with Crippen molar-refractivity contribution in [2.24, 2.45) is 5.92 Å². The van der Waals surface area contributed by atoms with Crippen molar-refractivity contribution in [3.05, 3.63) is 35.9 Å². The van der Waals surface area contributed by atoms with E-state index in [1.165, 1.54) is 50.5 Å². The Kier molecular flexibility index (Phi) is 5.53. The third kappa shape index (κ3) is 3.91. The first-order chi connectivity index (χ1) is 10.8. The van der Waals surface area contributed by atoms with Crippen molar-refractivity contribution in [1.29, 1.82) is 0 Å². The van der Waals surface area contributed by atoms with Gasteiger partial charge in [-0.2, -0.15) is 0 Å². The first kappa shape index (κ1) is 15.6. The van der Waals surface area contributed by atoms with E-state index >= 15 is 0 Å². The Morgan fingerprint density at radius 1 is 1.00 bits per heavy atom. The maximum atomic E-state index is 12.6. The number of hydrogen-bond donors (Lipinski definition) is 0. The lowest BCUT2D eigenvalue weighted by Crippen LogP contribution is -2.40. The summed E-state index contributed by atoms with van der Waals surface area (Å²) in [5, 5.41) is 0. The van der Waals surface area contributed by atoms with Crippen LogP contribution in [0.2, 0.25) is 0 Å². The van der Waals surface area contributed by atoms with Crippen LogP contribution in [-0.2, 0) is 11.2 Å². The molecule has 1 aliphatic carbocycles. The molecule has 2 fully saturated rings. The zero-order chi connectivity index (χ0) is 15.2. The molecule has 22 heavy (non-hydrogen) atoms. The van der Waals surface area contributed by atoms with Crippen LogP contribution in [0.25, 0.3) is 0 Å². The number of likely N-dealkylation sites (tertiary alicyclic amines) is 1. The molecule has 2 heteroatoms. The van der Waals surface area contributed by atoms with Crippen molar-refractivity contribution in [2.75, 3.05) is 6.54 Å². The zero-order valence-electron chi connectivity index (χ0n) is 13.7. The van der Waals surface area contributed by atoms with Crippen LogP contribution in [0.5, 0.6) is 0 Å². The number of benzene rings is 1. The topological polar surface area (TPSA) is 20.3 Å². The van der Waals surface area contributed by atoms with Crippen molar-refractivity contribution in [1.82, 2.24) is 4.90 Å². The average Bonchev–Trinajstić information content (AvgIpc) is 3.06. The highest BCUT2D eigenvalue weighted by atomic mass is 16.2. The quantitative estimate of drug-likeness (QED) is 0.779. The fraction of sp³-hybridized carbons (Fsp3) is 0.650. The van der Waals surface area contributed by atoms with Crippen molar-refractivity contribution in [3.63, 3.8) is 0 Å². The van der Waals surface area contributed by atoms with Crippen molar-refractivity contribution in [2.45, 2.75) is 70.3 Å². The molecule has 1 amide bonds. The molecule has 0 spiro atoms. The Hall–Kier alpha value is -1.31. The monoisotopic (exact) mass is 299 g/mol. The highest BCUT2D eigenvalue weighted by molar-refractivity contribution is 5.76. The number of hydrogen-bond acceptors (Lipinski definition) is 1. The molecular weight excluding hydrogens is 270 g/mol. The van der Waals surface area contributed by atoms with E-state index in [9.17, 15) is 4.79 Å². The minimum Gasteiger partial charge on any atom is -0.339 e. The van der Waals surface area contributed by atoms with Gasteiger partial charge in [-0.3, -0.25) is 4.79 Å². The van der Waals surface area contributed by atoms with E-state index in [2.05, 4.69) is 29.2 Å². The second kappa shape index (κ2) is 7.80. The summed E-state index contributed by atoms with van der Waals surface area (Å²) in [6.07, 6.45) is 12.0. The molecule has 2 aliphatic rings. The predicted octanol–water partition coefficient (Wildman–Crippen LogP) is 4.58. The van der Waals surface area contributed by atoms with Crippen LogP contribution >= 0.6 is 0 Å². The van der Waals surface area contributed by atoms with Gasteiger partial charge in [-0.15, -0.1) is 0 Å². The van der Waals surface area contributed by atoms with Crippen molar-refractivity contribution < 1.29 is 4.79 Å². The standard InChI is InChI=1S/C20H29NO/c22-20(15-7-11-17-9-3-1-4-10-17)21-16-8-14-19(21)18-12-5-2-6-13-18/h1,3-4,9-10,18-19H,2,5-8,11-16H2. The van der Waals surface area contributed by atoms with E-state index in [-0.39, 0.29) is 0 Å². The van der Waals surface area contributed by atoms with Gasteiger partial charge in [0, 0.05) is 19.0 Å². The lowest BCUT2D eigenvalue weighted by molar-refractivity contribution is -0.133. The number of aryl methyl sites for hydroxylation is 1. The van der Waals surface area contributed by atoms with Gasteiger partial charge >= 0.3 is 0 Å². The average molecular weight is 299 g/mol. The highest BCUT2D eigenvalue weighted by Crippen LogP contribution is 2.34. The number of carbonyl (C=O) groups is 1. The number of amides is 1. The van der Waals surface area contributed by atoms with Gasteiger partial charge in [0.1, 0.15) is 0 Å². The van der Waals surface area contributed by atoms with E-state index in [0.717, 1.165) is 31.7 Å². The molecule has 120 valence electrons. The van der Waals surface area contributed by atoms with Crippen LogP contribution in [0.3, 0.4) is 0 Å². The predicted molar refractivity (Wildman–Crippen MR) is 90.7 cm³/mol. The van der Waals surface area contributed by atoms with Crippen LogP contribution in [0.1, 0.15) is 63.4 Å². The fourth-order valence-corrected chi connectivity index (χ4v) is 4.34. The molecule has 1 saturated heterocycles. The molecule has 0 aromatic heterocycles. The third-order valence-corrected chi connectivity index (χ3v) is 5.51. The maximum absolute atomic E-state index is 12.6. The SMILES string of the molecule is O=C(CCCc1ccccc1)N1CCCC1C1CCCCC1. The van der Waals surface area contributed by atoms with Crippen LogP contribution < -0.4 is 0 Å². The molecule has 2 nitrogen and oxygen atoms in total. The molecule has 1 aromatic rings. The third-order valence-electron chi connectivity index (χ3n) is 5.51. The second-order valence-corrected chi connectivity index (χ2v) is 7.03. The molecule has 1 unspecified atom stereocenters. The highest BCUT2D eigenvalue weighted by Gasteiger charge is 2.34. The van der Waals surface area contributed by atoms with E-state index in [1.54, 1.807) is 0 Å². The smallest absolute Gasteiger partial charge is 0.222 e.